The maximum Gasteiger partial charge on any atom is 0.236 e. The summed E-state index contributed by atoms with van der Waals surface area (Å²) < 4.78 is 27.5. The molecule has 23 heavy (non-hydrogen) atoms. The summed E-state index contributed by atoms with van der Waals surface area (Å²) in [6.07, 6.45) is 0. The first kappa shape index (κ1) is 15.5. The van der Waals surface area contributed by atoms with Gasteiger partial charge in [0.25, 0.3) is 0 Å². The molecule has 1 heterocycles. The number of aryl methyl sites for hydroxylation is 2. The molecule has 0 saturated carbocycles. The van der Waals surface area contributed by atoms with Crippen molar-refractivity contribution in [3.63, 3.8) is 0 Å². The van der Waals surface area contributed by atoms with Crippen LogP contribution in [-0.2, 0) is 15.8 Å². The topological polar surface area (TPSA) is 59.1 Å². The van der Waals surface area contributed by atoms with Crippen LogP contribution < -0.4 is 4.72 Å². The molecular formula is C18H18N2O2S. The Hall–Kier alpha value is -2.40. The molecule has 0 unspecified atom stereocenters. The fourth-order valence-electron chi connectivity index (χ4n) is 2.43. The number of hydrogen-bond donors (Lipinski definition) is 1. The summed E-state index contributed by atoms with van der Waals surface area (Å²) in [5, 5.41) is 0.908. The lowest BCUT2D eigenvalue weighted by Gasteiger charge is -2.11. The smallest absolute Gasteiger partial charge is 0.236 e. The average molecular weight is 326 g/mol. The Morgan fingerprint density at radius 1 is 0.957 bits per heavy atom. The van der Waals surface area contributed by atoms with Crippen molar-refractivity contribution in [3.05, 3.63) is 71.4 Å². The molecule has 3 aromatic rings. The Kier molecular flexibility index (Phi) is 4.05. The first-order chi connectivity index (χ1) is 10.9. The van der Waals surface area contributed by atoms with Gasteiger partial charge in [0.15, 0.2) is 0 Å². The minimum absolute atomic E-state index is 0.0600. The molecule has 1 N–H and O–H groups in total. The molecule has 0 bridgehead atoms. The van der Waals surface area contributed by atoms with Gasteiger partial charge in [-0.3, -0.25) is 9.71 Å². The van der Waals surface area contributed by atoms with E-state index in [0.717, 1.165) is 22.2 Å². The van der Waals surface area contributed by atoms with Crippen LogP contribution in [-0.4, -0.2) is 13.4 Å². The summed E-state index contributed by atoms with van der Waals surface area (Å²) in [6, 6.07) is 16.8. The van der Waals surface area contributed by atoms with Crippen molar-refractivity contribution in [1.82, 2.24) is 4.98 Å². The Balaban J connectivity index is 1.91. The average Bonchev–Trinajstić information content (AvgIpc) is 2.50. The van der Waals surface area contributed by atoms with Crippen LogP contribution in [0.25, 0.3) is 10.9 Å². The molecule has 0 fully saturated rings. The van der Waals surface area contributed by atoms with E-state index in [9.17, 15) is 8.42 Å². The van der Waals surface area contributed by atoms with Crippen molar-refractivity contribution in [1.29, 1.82) is 0 Å². The lowest BCUT2D eigenvalue weighted by molar-refractivity contribution is 0.600. The molecule has 118 valence electrons. The largest absolute Gasteiger partial charge is 0.281 e. The first-order valence-corrected chi connectivity index (χ1v) is 9.01. The van der Waals surface area contributed by atoms with E-state index in [2.05, 4.69) is 9.71 Å². The van der Waals surface area contributed by atoms with Crippen molar-refractivity contribution in [3.8, 4) is 0 Å². The molecule has 0 radical (unpaired) electrons. The summed E-state index contributed by atoms with van der Waals surface area (Å²) >= 11 is 0. The van der Waals surface area contributed by atoms with Gasteiger partial charge in [-0.05, 0) is 31.5 Å². The summed E-state index contributed by atoms with van der Waals surface area (Å²) in [6.45, 7) is 3.86. The number of fused-ring (bicyclic) bond motifs is 1. The predicted octanol–water partition coefficient (Wildman–Crippen LogP) is 3.79. The van der Waals surface area contributed by atoms with Gasteiger partial charge in [-0.1, -0.05) is 48.0 Å². The van der Waals surface area contributed by atoms with Crippen LogP contribution in [0.1, 0.15) is 16.8 Å². The van der Waals surface area contributed by atoms with E-state index in [1.807, 2.05) is 62.4 Å². The lowest BCUT2D eigenvalue weighted by atomic mass is 10.2. The van der Waals surface area contributed by atoms with Crippen LogP contribution in [0, 0.1) is 13.8 Å². The number of aromatic nitrogens is 1. The zero-order valence-electron chi connectivity index (χ0n) is 13.1. The number of para-hydroxylation sites is 1. The van der Waals surface area contributed by atoms with Gasteiger partial charge in [0.1, 0.15) is 0 Å². The van der Waals surface area contributed by atoms with Crippen LogP contribution in [0.15, 0.2) is 54.6 Å². The number of sulfonamides is 1. The second-order valence-corrected chi connectivity index (χ2v) is 7.40. The van der Waals surface area contributed by atoms with Crippen molar-refractivity contribution in [2.45, 2.75) is 19.6 Å². The molecule has 3 rings (SSSR count). The Morgan fingerprint density at radius 2 is 1.70 bits per heavy atom. The van der Waals surface area contributed by atoms with Gasteiger partial charge in [-0.2, -0.15) is 0 Å². The number of pyridine rings is 1. The van der Waals surface area contributed by atoms with E-state index < -0.39 is 10.0 Å². The molecule has 0 aliphatic heterocycles. The standard InChI is InChI=1S/C18H18N2O2S/c1-13-6-9-15(10-7-13)12-23(21,22)20-17-5-3-4-16-11-8-14(2)19-18(16)17/h3-11,20H,12H2,1-2H3. The van der Waals surface area contributed by atoms with Gasteiger partial charge < -0.3 is 0 Å². The number of benzene rings is 2. The highest BCUT2D eigenvalue weighted by molar-refractivity contribution is 7.91. The van der Waals surface area contributed by atoms with E-state index in [1.165, 1.54) is 0 Å². The van der Waals surface area contributed by atoms with Gasteiger partial charge in [0, 0.05) is 11.1 Å². The normalized spacial score (nSPS) is 11.6. The number of nitrogens with zero attached hydrogens (tertiary/aromatic N) is 1. The minimum Gasteiger partial charge on any atom is -0.281 e. The molecule has 0 amide bonds. The third-order valence-corrected chi connectivity index (χ3v) is 4.85. The lowest BCUT2D eigenvalue weighted by Crippen LogP contribution is -2.15. The Bertz CT molecular complexity index is 948. The van der Waals surface area contributed by atoms with E-state index in [-0.39, 0.29) is 5.75 Å². The van der Waals surface area contributed by atoms with Crippen molar-refractivity contribution >= 4 is 26.6 Å². The maximum absolute atomic E-state index is 12.4. The molecule has 0 spiro atoms. The van der Waals surface area contributed by atoms with Crippen molar-refractivity contribution < 1.29 is 8.42 Å². The highest BCUT2D eigenvalue weighted by Crippen LogP contribution is 2.23. The SMILES string of the molecule is Cc1ccc(CS(=O)(=O)Nc2cccc3ccc(C)nc23)cc1. The highest BCUT2D eigenvalue weighted by atomic mass is 32.2. The quantitative estimate of drug-likeness (QED) is 0.793. The van der Waals surface area contributed by atoms with Crippen LogP contribution in [0.3, 0.4) is 0 Å². The highest BCUT2D eigenvalue weighted by Gasteiger charge is 2.14. The van der Waals surface area contributed by atoms with E-state index in [1.54, 1.807) is 6.07 Å². The molecule has 0 atom stereocenters. The molecule has 5 heteroatoms. The first-order valence-electron chi connectivity index (χ1n) is 7.35. The van der Waals surface area contributed by atoms with Gasteiger partial charge >= 0.3 is 0 Å². The second-order valence-electron chi connectivity index (χ2n) is 5.68. The van der Waals surface area contributed by atoms with Crippen molar-refractivity contribution in [2.75, 3.05) is 4.72 Å². The fourth-order valence-corrected chi connectivity index (χ4v) is 3.64. The van der Waals surface area contributed by atoms with E-state index in [0.29, 0.717) is 11.2 Å². The zero-order valence-corrected chi connectivity index (χ0v) is 13.9. The summed E-state index contributed by atoms with van der Waals surface area (Å²) in [7, 11) is -3.49. The molecule has 0 aliphatic carbocycles. The molecule has 0 aliphatic rings. The Labute approximate surface area is 136 Å². The third kappa shape index (κ3) is 3.68. The predicted molar refractivity (Wildman–Crippen MR) is 93.9 cm³/mol. The van der Waals surface area contributed by atoms with Gasteiger partial charge in [-0.25, -0.2) is 8.42 Å². The summed E-state index contributed by atoms with van der Waals surface area (Å²) in [5.74, 6) is -0.0600. The summed E-state index contributed by atoms with van der Waals surface area (Å²) in [5.41, 5.74) is 3.89. The van der Waals surface area contributed by atoms with Gasteiger partial charge in [0.05, 0.1) is 17.0 Å². The van der Waals surface area contributed by atoms with E-state index in [4.69, 9.17) is 0 Å². The third-order valence-electron chi connectivity index (χ3n) is 3.60. The Morgan fingerprint density at radius 3 is 2.43 bits per heavy atom. The second kappa shape index (κ2) is 6.01. The van der Waals surface area contributed by atoms with Gasteiger partial charge in [-0.15, -0.1) is 0 Å². The number of rotatable bonds is 4. The minimum atomic E-state index is -3.49. The molecule has 4 nitrogen and oxygen atoms in total. The number of anilines is 1. The molecule has 2 aromatic carbocycles. The summed E-state index contributed by atoms with van der Waals surface area (Å²) in [4.78, 5) is 4.45. The van der Waals surface area contributed by atoms with Crippen LogP contribution >= 0.6 is 0 Å². The molecule has 0 saturated heterocycles. The van der Waals surface area contributed by atoms with Crippen LogP contribution in [0.2, 0.25) is 0 Å². The molecular weight excluding hydrogens is 308 g/mol. The van der Waals surface area contributed by atoms with Gasteiger partial charge in [0.2, 0.25) is 10.0 Å². The van der Waals surface area contributed by atoms with Crippen LogP contribution in [0.5, 0.6) is 0 Å². The van der Waals surface area contributed by atoms with E-state index >= 15 is 0 Å². The maximum atomic E-state index is 12.4. The number of nitrogens with one attached hydrogen (secondary N) is 1. The van der Waals surface area contributed by atoms with Crippen molar-refractivity contribution in [2.24, 2.45) is 0 Å². The van der Waals surface area contributed by atoms with Crippen LogP contribution in [0.4, 0.5) is 5.69 Å². The molecule has 1 aromatic heterocycles. The monoisotopic (exact) mass is 326 g/mol. The fraction of sp³-hybridized carbons (Fsp3) is 0.167. The zero-order chi connectivity index (χ0) is 16.4. The number of hydrogen-bond acceptors (Lipinski definition) is 3.